The molecule has 0 aromatic carbocycles. The van der Waals surface area contributed by atoms with E-state index in [-0.39, 0.29) is 22.9 Å². The monoisotopic (exact) mass is 465 g/mol. The molecule has 0 saturated heterocycles. The Morgan fingerprint density at radius 1 is 1.29 bits per heavy atom. The van der Waals surface area contributed by atoms with Crippen molar-refractivity contribution in [2.45, 2.75) is 18.9 Å². The van der Waals surface area contributed by atoms with Gasteiger partial charge in [0.15, 0.2) is 0 Å². The van der Waals surface area contributed by atoms with E-state index in [2.05, 4.69) is 30.4 Å². The van der Waals surface area contributed by atoms with Crippen molar-refractivity contribution in [2.24, 2.45) is 7.05 Å². The van der Waals surface area contributed by atoms with Gasteiger partial charge in [-0.1, -0.05) is 0 Å². The normalized spacial score (nSPS) is 15.9. The molecule has 1 unspecified atom stereocenters. The summed E-state index contributed by atoms with van der Waals surface area (Å²) in [5.41, 5.74) is 2.53. The number of hydrogen-bond donors (Lipinski definition) is 1. The van der Waals surface area contributed by atoms with Gasteiger partial charge in [-0.2, -0.15) is 10.2 Å². The van der Waals surface area contributed by atoms with E-state index in [4.69, 9.17) is 4.42 Å². The number of aromatic nitrogens is 8. The number of imidazole rings is 1. The first-order chi connectivity index (χ1) is 16.5. The summed E-state index contributed by atoms with van der Waals surface area (Å²) in [4.78, 5) is 22.5. The van der Waals surface area contributed by atoms with Gasteiger partial charge in [-0.15, -0.1) is 10.2 Å². The van der Waals surface area contributed by atoms with Crippen molar-refractivity contribution in [3.8, 4) is 11.6 Å². The first-order valence-corrected chi connectivity index (χ1v) is 10.4. The van der Waals surface area contributed by atoms with E-state index in [0.717, 1.165) is 5.69 Å². The molecule has 1 N–H and O–H groups in total. The van der Waals surface area contributed by atoms with Crippen molar-refractivity contribution in [1.29, 1.82) is 0 Å². The Hall–Kier alpha value is -4.42. The molecule has 0 aliphatic carbocycles. The maximum Gasteiger partial charge on any atom is 0.312 e. The Balaban J connectivity index is 1.42. The van der Waals surface area contributed by atoms with Gasteiger partial charge in [-0.05, 0) is 24.3 Å². The third-order valence-electron chi connectivity index (χ3n) is 5.90. The Bertz CT molecular complexity index is 1520. The first kappa shape index (κ1) is 20.2. The van der Waals surface area contributed by atoms with Gasteiger partial charge >= 0.3 is 11.8 Å². The third-order valence-corrected chi connectivity index (χ3v) is 5.90. The van der Waals surface area contributed by atoms with Gasteiger partial charge in [0.1, 0.15) is 11.7 Å². The minimum atomic E-state index is -2.66. The van der Waals surface area contributed by atoms with Crippen LogP contribution in [-0.2, 0) is 13.5 Å². The molecular weight excluding hydrogens is 448 g/mol. The SMILES string of the molecule is Cn1nccc1-c1nnc(C(=O)N2CCc3[nH]cnc3C2c2cc3c(C(F)F)cccn3n2)o1. The Kier molecular flexibility index (Phi) is 4.50. The predicted molar refractivity (Wildman–Crippen MR) is 112 cm³/mol. The molecule has 1 aliphatic heterocycles. The Morgan fingerprint density at radius 3 is 2.97 bits per heavy atom. The van der Waals surface area contributed by atoms with Gasteiger partial charge in [0, 0.05) is 43.7 Å². The Morgan fingerprint density at radius 2 is 2.18 bits per heavy atom. The summed E-state index contributed by atoms with van der Waals surface area (Å²) in [7, 11) is 1.72. The maximum absolute atomic E-state index is 13.6. The lowest BCUT2D eigenvalue weighted by atomic mass is 9.99. The molecule has 0 spiro atoms. The molecule has 1 amide bonds. The smallest absolute Gasteiger partial charge is 0.312 e. The second-order valence-corrected chi connectivity index (χ2v) is 7.83. The molecule has 1 aliphatic rings. The maximum atomic E-state index is 13.6. The molecule has 1 atom stereocenters. The molecule has 13 heteroatoms. The van der Waals surface area contributed by atoms with E-state index in [1.54, 1.807) is 42.6 Å². The highest BCUT2D eigenvalue weighted by atomic mass is 19.3. The summed E-state index contributed by atoms with van der Waals surface area (Å²) in [6.45, 7) is 0.317. The zero-order chi connectivity index (χ0) is 23.4. The van der Waals surface area contributed by atoms with E-state index in [9.17, 15) is 13.6 Å². The van der Waals surface area contributed by atoms with E-state index in [1.807, 2.05) is 0 Å². The molecule has 0 fully saturated rings. The minimum Gasteiger partial charge on any atom is -0.411 e. The van der Waals surface area contributed by atoms with Crippen LogP contribution in [0.2, 0.25) is 0 Å². The molecule has 5 aromatic rings. The molecule has 6 heterocycles. The number of H-pyrrole nitrogens is 1. The highest BCUT2D eigenvalue weighted by Gasteiger charge is 2.38. The number of nitrogens with one attached hydrogen (secondary N) is 1. The molecule has 172 valence electrons. The second kappa shape index (κ2) is 7.57. The van der Waals surface area contributed by atoms with Crippen LogP contribution in [0.15, 0.2) is 47.4 Å². The number of rotatable bonds is 4. The number of fused-ring (bicyclic) bond motifs is 2. The van der Waals surface area contributed by atoms with Crippen molar-refractivity contribution in [1.82, 2.24) is 44.5 Å². The van der Waals surface area contributed by atoms with Crippen LogP contribution >= 0.6 is 0 Å². The number of carbonyl (C=O) groups excluding carboxylic acids is 1. The van der Waals surface area contributed by atoms with Gasteiger partial charge < -0.3 is 14.3 Å². The van der Waals surface area contributed by atoms with Crippen molar-refractivity contribution in [3.05, 3.63) is 71.5 Å². The molecular formula is C21H17F2N9O2. The molecule has 0 radical (unpaired) electrons. The van der Waals surface area contributed by atoms with Gasteiger partial charge in [-0.3, -0.25) is 9.48 Å². The Labute approximate surface area is 190 Å². The topological polar surface area (TPSA) is 123 Å². The number of hydrogen-bond acceptors (Lipinski definition) is 7. The van der Waals surface area contributed by atoms with Crippen molar-refractivity contribution >= 4 is 11.4 Å². The van der Waals surface area contributed by atoms with Crippen molar-refractivity contribution < 1.29 is 18.0 Å². The van der Waals surface area contributed by atoms with Crippen LogP contribution in [0.5, 0.6) is 0 Å². The average molecular weight is 465 g/mol. The van der Waals surface area contributed by atoms with Crippen LogP contribution in [-0.4, -0.2) is 56.9 Å². The van der Waals surface area contributed by atoms with Gasteiger partial charge in [-0.25, -0.2) is 18.3 Å². The van der Waals surface area contributed by atoms with Crippen molar-refractivity contribution in [2.75, 3.05) is 6.54 Å². The molecule has 34 heavy (non-hydrogen) atoms. The number of halogens is 2. The fourth-order valence-corrected chi connectivity index (χ4v) is 4.29. The van der Waals surface area contributed by atoms with Crippen LogP contribution in [0.25, 0.3) is 17.1 Å². The predicted octanol–water partition coefficient (Wildman–Crippen LogP) is 2.57. The van der Waals surface area contributed by atoms with Crippen LogP contribution < -0.4 is 0 Å². The fourth-order valence-electron chi connectivity index (χ4n) is 4.29. The number of carbonyl (C=O) groups is 1. The van der Waals surface area contributed by atoms with Crippen LogP contribution in [0, 0.1) is 0 Å². The van der Waals surface area contributed by atoms with Crippen molar-refractivity contribution in [3.63, 3.8) is 0 Å². The van der Waals surface area contributed by atoms with E-state index < -0.39 is 18.4 Å². The summed E-state index contributed by atoms with van der Waals surface area (Å²) in [5.74, 6) is -0.547. The largest absolute Gasteiger partial charge is 0.411 e. The number of nitrogens with zero attached hydrogens (tertiary/aromatic N) is 8. The molecule has 11 nitrogen and oxygen atoms in total. The van der Waals surface area contributed by atoms with E-state index in [1.165, 1.54) is 21.5 Å². The summed E-state index contributed by atoms with van der Waals surface area (Å²) in [5, 5.41) is 16.5. The van der Waals surface area contributed by atoms with E-state index in [0.29, 0.717) is 30.0 Å². The quantitative estimate of drug-likeness (QED) is 0.433. The van der Waals surface area contributed by atoms with Crippen LogP contribution in [0.1, 0.15) is 45.8 Å². The summed E-state index contributed by atoms with van der Waals surface area (Å²) in [6, 6.07) is 5.39. The fraction of sp³-hybridized carbons (Fsp3) is 0.238. The second-order valence-electron chi connectivity index (χ2n) is 7.83. The van der Waals surface area contributed by atoms with Crippen LogP contribution in [0.4, 0.5) is 8.78 Å². The first-order valence-electron chi connectivity index (χ1n) is 10.4. The highest BCUT2D eigenvalue weighted by Crippen LogP contribution is 2.35. The van der Waals surface area contributed by atoms with E-state index >= 15 is 0 Å². The third kappa shape index (κ3) is 3.08. The summed E-state index contributed by atoms with van der Waals surface area (Å²) in [6.07, 6.45) is 2.57. The molecule has 0 bridgehead atoms. The molecule has 6 rings (SSSR count). The number of aryl methyl sites for hydroxylation is 1. The minimum absolute atomic E-state index is 0.144. The lowest BCUT2D eigenvalue weighted by Gasteiger charge is -2.32. The van der Waals surface area contributed by atoms with Crippen LogP contribution in [0.3, 0.4) is 0 Å². The van der Waals surface area contributed by atoms with Gasteiger partial charge in [0.25, 0.3) is 12.3 Å². The zero-order valence-electron chi connectivity index (χ0n) is 17.8. The number of amides is 1. The highest BCUT2D eigenvalue weighted by molar-refractivity contribution is 5.90. The number of aromatic amines is 1. The number of alkyl halides is 2. The summed E-state index contributed by atoms with van der Waals surface area (Å²) >= 11 is 0. The zero-order valence-corrected chi connectivity index (χ0v) is 17.8. The average Bonchev–Trinajstić information content (AvgIpc) is 3.62. The lowest BCUT2D eigenvalue weighted by Crippen LogP contribution is -2.41. The molecule has 0 saturated carbocycles. The van der Waals surface area contributed by atoms with Gasteiger partial charge in [0.2, 0.25) is 0 Å². The number of pyridine rings is 1. The van der Waals surface area contributed by atoms with Gasteiger partial charge in [0.05, 0.1) is 23.2 Å². The standard InChI is InChI=1S/C21H17F2N9O2/c1-30-14(4-6-26-30)19-27-28-20(34-19)21(33)31-8-5-12-16(25-10-24-12)17(31)13-9-15-11(18(22)23)3-2-7-32(15)29-13/h2-4,6-7,9-10,17-18H,5,8H2,1H3,(H,24,25). The molecule has 5 aromatic heterocycles. The summed E-state index contributed by atoms with van der Waals surface area (Å²) < 4.78 is 35.7. The lowest BCUT2D eigenvalue weighted by molar-refractivity contribution is 0.0646.